The summed E-state index contributed by atoms with van der Waals surface area (Å²) >= 11 is 0. The first-order valence-corrected chi connectivity index (χ1v) is 10.7. The molecule has 1 heterocycles. The summed E-state index contributed by atoms with van der Waals surface area (Å²) in [4.78, 5) is 6.63. The lowest BCUT2D eigenvalue weighted by molar-refractivity contribution is 0.0744. The van der Waals surface area contributed by atoms with Crippen molar-refractivity contribution < 1.29 is 8.78 Å². The normalized spacial score (nSPS) is 17.5. The Morgan fingerprint density at radius 2 is 1.83 bits per heavy atom. The highest BCUT2D eigenvalue weighted by Crippen LogP contribution is 2.16. The third kappa shape index (κ3) is 9.87. The molecule has 1 saturated heterocycles. The molecular weight excluding hydrogens is 499 g/mol. The molecule has 0 aromatic heterocycles. The van der Waals surface area contributed by atoms with Crippen molar-refractivity contribution in [3.63, 3.8) is 0 Å². The molecule has 8 heteroatoms. The van der Waals surface area contributed by atoms with Gasteiger partial charge in [0.15, 0.2) is 5.96 Å². The number of nitrogens with one attached hydrogen (secondary N) is 3. The Hall–Kier alpha value is -1.00. The molecule has 0 aliphatic carbocycles. The van der Waals surface area contributed by atoms with E-state index in [1.165, 1.54) is 5.56 Å². The van der Waals surface area contributed by atoms with Gasteiger partial charge in [-0.25, -0.2) is 8.78 Å². The van der Waals surface area contributed by atoms with Crippen LogP contribution >= 0.6 is 24.0 Å². The third-order valence-electron chi connectivity index (χ3n) is 5.21. The molecule has 0 bridgehead atoms. The highest BCUT2D eigenvalue weighted by atomic mass is 127. The van der Waals surface area contributed by atoms with Crippen LogP contribution in [0, 0.1) is 0 Å². The van der Waals surface area contributed by atoms with E-state index in [0.29, 0.717) is 19.6 Å². The van der Waals surface area contributed by atoms with Gasteiger partial charge in [0.05, 0.1) is 13.1 Å². The van der Waals surface area contributed by atoms with Gasteiger partial charge in [0.1, 0.15) is 0 Å². The van der Waals surface area contributed by atoms with Crippen LogP contribution in [0.3, 0.4) is 0 Å². The van der Waals surface area contributed by atoms with E-state index in [9.17, 15) is 8.78 Å². The fourth-order valence-electron chi connectivity index (χ4n) is 3.70. The maximum atomic E-state index is 12.5. The molecule has 172 valence electrons. The standard InChI is InChI=1S/C22H37F2N5.HI/c1-5-25-21(27-19-11-13-29(14-12-19)15-20(23)24)26-16-22(3,4)28-17(2)18-9-7-6-8-10-18;/h6-10,17,19-20,28H,5,11-16H2,1-4H3,(H2,25,26,27);1H. The summed E-state index contributed by atoms with van der Waals surface area (Å²) in [5.41, 5.74) is 1.09. The maximum Gasteiger partial charge on any atom is 0.251 e. The van der Waals surface area contributed by atoms with E-state index in [1.807, 2.05) is 17.9 Å². The van der Waals surface area contributed by atoms with Gasteiger partial charge in [-0.1, -0.05) is 30.3 Å². The summed E-state index contributed by atoms with van der Waals surface area (Å²) in [6.07, 6.45) is -0.556. The van der Waals surface area contributed by atoms with Crippen molar-refractivity contribution in [2.24, 2.45) is 4.99 Å². The van der Waals surface area contributed by atoms with Gasteiger partial charge < -0.3 is 16.0 Å². The third-order valence-corrected chi connectivity index (χ3v) is 5.21. The molecule has 1 aromatic carbocycles. The Labute approximate surface area is 197 Å². The van der Waals surface area contributed by atoms with Crippen LogP contribution in [0.1, 0.15) is 52.1 Å². The van der Waals surface area contributed by atoms with E-state index in [0.717, 1.165) is 25.3 Å². The van der Waals surface area contributed by atoms with Gasteiger partial charge in [-0.15, -0.1) is 24.0 Å². The van der Waals surface area contributed by atoms with Crippen molar-refractivity contribution >= 4 is 29.9 Å². The summed E-state index contributed by atoms with van der Waals surface area (Å²) in [6.45, 7) is 11.2. The fraction of sp³-hybridized carbons (Fsp3) is 0.682. The highest BCUT2D eigenvalue weighted by Gasteiger charge is 2.23. The van der Waals surface area contributed by atoms with Gasteiger partial charge in [0.25, 0.3) is 6.43 Å². The number of aliphatic imine (C=N–C) groups is 1. The summed E-state index contributed by atoms with van der Waals surface area (Å²) < 4.78 is 25.1. The first kappa shape index (κ1) is 27.0. The van der Waals surface area contributed by atoms with E-state index in [4.69, 9.17) is 4.99 Å². The maximum absolute atomic E-state index is 12.5. The van der Waals surface area contributed by atoms with Gasteiger partial charge >= 0.3 is 0 Å². The van der Waals surface area contributed by atoms with Gasteiger partial charge in [-0.2, -0.15) is 0 Å². The summed E-state index contributed by atoms with van der Waals surface area (Å²) in [7, 11) is 0. The predicted molar refractivity (Wildman–Crippen MR) is 132 cm³/mol. The average molecular weight is 537 g/mol. The molecule has 3 N–H and O–H groups in total. The van der Waals surface area contributed by atoms with E-state index in [1.54, 1.807) is 0 Å². The lowest BCUT2D eigenvalue weighted by atomic mass is 10.0. The van der Waals surface area contributed by atoms with Crippen LogP contribution in [-0.4, -0.2) is 61.6 Å². The van der Waals surface area contributed by atoms with Crippen molar-refractivity contribution in [2.45, 2.75) is 64.6 Å². The molecule has 1 aliphatic rings. The monoisotopic (exact) mass is 537 g/mol. The second-order valence-electron chi connectivity index (χ2n) is 8.47. The molecule has 1 fully saturated rings. The van der Waals surface area contributed by atoms with Crippen LogP contribution in [0.25, 0.3) is 0 Å². The zero-order chi connectivity index (χ0) is 21.3. The highest BCUT2D eigenvalue weighted by molar-refractivity contribution is 14.0. The van der Waals surface area contributed by atoms with Gasteiger partial charge in [-0.05, 0) is 46.1 Å². The number of halogens is 3. The van der Waals surface area contributed by atoms with Crippen molar-refractivity contribution in [2.75, 3.05) is 32.7 Å². The molecule has 0 saturated carbocycles. The predicted octanol–water partition coefficient (Wildman–Crippen LogP) is 4.02. The first-order chi connectivity index (χ1) is 13.8. The Bertz CT molecular complexity index is 619. The topological polar surface area (TPSA) is 51.7 Å². The van der Waals surface area contributed by atoms with E-state index in [-0.39, 0.29) is 48.1 Å². The van der Waals surface area contributed by atoms with Crippen molar-refractivity contribution in [1.29, 1.82) is 0 Å². The fourth-order valence-corrected chi connectivity index (χ4v) is 3.70. The van der Waals surface area contributed by atoms with Crippen LogP contribution in [-0.2, 0) is 0 Å². The van der Waals surface area contributed by atoms with Crippen LogP contribution in [0.15, 0.2) is 35.3 Å². The Morgan fingerprint density at radius 3 is 2.40 bits per heavy atom. The smallest absolute Gasteiger partial charge is 0.251 e. The molecule has 0 amide bonds. The Kier molecular flexibility index (Phi) is 12.1. The second-order valence-corrected chi connectivity index (χ2v) is 8.47. The Morgan fingerprint density at radius 1 is 1.20 bits per heavy atom. The molecule has 1 unspecified atom stereocenters. The van der Waals surface area contributed by atoms with Crippen molar-refractivity contribution in [3.05, 3.63) is 35.9 Å². The van der Waals surface area contributed by atoms with Gasteiger partial charge in [0, 0.05) is 37.3 Å². The van der Waals surface area contributed by atoms with Crippen LogP contribution in [0.2, 0.25) is 0 Å². The number of piperidine rings is 1. The number of alkyl halides is 2. The van der Waals surface area contributed by atoms with E-state index >= 15 is 0 Å². The number of benzene rings is 1. The van der Waals surface area contributed by atoms with E-state index in [2.05, 4.69) is 61.0 Å². The number of rotatable bonds is 9. The molecule has 5 nitrogen and oxygen atoms in total. The minimum absolute atomic E-state index is 0. The van der Waals surface area contributed by atoms with Crippen molar-refractivity contribution in [3.8, 4) is 0 Å². The molecule has 1 atom stereocenters. The van der Waals surface area contributed by atoms with Crippen LogP contribution in [0.5, 0.6) is 0 Å². The zero-order valence-corrected chi connectivity index (χ0v) is 21.0. The molecular formula is C22H38F2IN5. The zero-order valence-electron chi connectivity index (χ0n) is 18.6. The largest absolute Gasteiger partial charge is 0.357 e. The SMILES string of the molecule is CCNC(=NCC(C)(C)NC(C)c1ccccc1)NC1CCN(CC(F)F)CC1.I. The first-order valence-electron chi connectivity index (χ1n) is 10.7. The Balaban J connectivity index is 0.00000450. The molecule has 1 aromatic rings. The van der Waals surface area contributed by atoms with Crippen LogP contribution < -0.4 is 16.0 Å². The molecule has 2 rings (SSSR count). The lowest BCUT2D eigenvalue weighted by Crippen LogP contribution is -2.50. The van der Waals surface area contributed by atoms with Gasteiger partial charge in [-0.3, -0.25) is 9.89 Å². The van der Waals surface area contributed by atoms with E-state index < -0.39 is 6.43 Å². The summed E-state index contributed by atoms with van der Waals surface area (Å²) in [6, 6.07) is 10.9. The molecule has 1 aliphatic heterocycles. The second kappa shape index (κ2) is 13.4. The molecule has 0 spiro atoms. The number of guanidine groups is 1. The van der Waals surface area contributed by atoms with Crippen molar-refractivity contribution in [1.82, 2.24) is 20.9 Å². The summed E-state index contributed by atoms with van der Waals surface area (Å²) in [5.74, 6) is 0.794. The molecule has 30 heavy (non-hydrogen) atoms. The lowest BCUT2D eigenvalue weighted by Gasteiger charge is -2.33. The quantitative estimate of drug-likeness (QED) is 0.253. The minimum Gasteiger partial charge on any atom is -0.357 e. The summed E-state index contributed by atoms with van der Waals surface area (Å²) in [5, 5.41) is 10.5. The number of hydrogen-bond donors (Lipinski definition) is 3. The number of likely N-dealkylation sites (tertiary alicyclic amines) is 1. The van der Waals surface area contributed by atoms with Gasteiger partial charge in [0.2, 0.25) is 0 Å². The van der Waals surface area contributed by atoms with Crippen LogP contribution in [0.4, 0.5) is 8.78 Å². The number of hydrogen-bond acceptors (Lipinski definition) is 3. The minimum atomic E-state index is -2.26. The molecule has 0 radical (unpaired) electrons. The average Bonchev–Trinajstić information content (AvgIpc) is 2.68. The number of nitrogens with zero attached hydrogens (tertiary/aromatic N) is 2.